The van der Waals surface area contributed by atoms with Gasteiger partial charge in [0, 0.05) is 22.7 Å². The summed E-state index contributed by atoms with van der Waals surface area (Å²) in [6, 6.07) is 13.7. The molecule has 0 atom stereocenters. The number of aromatic amines is 1. The SMILES string of the molecule is Oc1c(-c2cc(-c3cccc(C(F)(F)F)c3)n[nH]2)ccc2cccnc12. The topological polar surface area (TPSA) is 61.8 Å². The van der Waals surface area contributed by atoms with Crippen molar-refractivity contribution in [3.8, 4) is 28.3 Å². The normalized spacial score (nSPS) is 11.8. The molecule has 2 aromatic heterocycles. The lowest BCUT2D eigenvalue weighted by Gasteiger charge is -2.07. The van der Waals surface area contributed by atoms with Crippen LogP contribution in [0, 0.1) is 0 Å². The Balaban J connectivity index is 1.77. The molecule has 0 aliphatic rings. The van der Waals surface area contributed by atoms with E-state index in [4.69, 9.17) is 0 Å². The molecular formula is C19H12F3N3O. The first-order valence-corrected chi connectivity index (χ1v) is 7.73. The molecule has 0 saturated carbocycles. The first-order valence-electron chi connectivity index (χ1n) is 7.73. The molecular weight excluding hydrogens is 343 g/mol. The monoisotopic (exact) mass is 355 g/mol. The number of hydrogen-bond acceptors (Lipinski definition) is 3. The molecule has 0 unspecified atom stereocenters. The van der Waals surface area contributed by atoms with E-state index in [-0.39, 0.29) is 5.75 Å². The molecule has 0 saturated heterocycles. The summed E-state index contributed by atoms with van der Waals surface area (Å²) < 4.78 is 38.7. The summed E-state index contributed by atoms with van der Waals surface area (Å²) in [7, 11) is 0. The van der Waals surface area contributed by atoms with Crippen LogP contribution < -0.4 is 0 Å². The maximum absolute atomic E-state index is 12.9. The Morgan fingerprint density at radius 1 is 0.962 bits per heavy atom. The highest BCUT2D eigenvalue weighted by atomic mass is 19.4. The summed E-state index contributed by atoms with van der Waals surface area (Å²) in [6.45, 7) is 0. The van der Waals surface area contributed by atoms with Gasteiger partial charge in [0.1, 0.15) is 5.52 Å². The van der Waals surface area contributed by atoms with E-state index in [2.05, 4.69) is 15.2 Å². The zero-order valence-electron chi connectivity index (χ0n) is 13.2. The minimum Gasteiger partial charge on any atom is -0.505 e. The summed E-state index contributed by atoms with van der Waals surface area (Å²) in [5.74, 6) is -0.0117. The second-order valence-corrected chi connectivity index (χ2v) is 5.78. The number of alkyl halides is 3. The van der Waals surface area contributed by atoms with Crippen molar-refractivity contribution in [2.24, 2.45) is 0 Å². The third kappa shape index (κ3) is 2.77. The molecule has 0 amide bonds. The molecule has 4 rings (SSSR count). The van der Waals surface area contributed by atoms with Crippen molar-refractivity contribution in [1.29, 1.82) is 0 Å². The van der Waals surface area contributed by atoms with Gasteiger partial charge in [-0.3, -0.25) is 10.1 Å². The zero-order valence-corrected chi connectivity index (χ0v) is 13.2. The molecule has 7 heteroatoms. The van der Waals surface area contributed by atoms with Crippen molar-refractivity contribution < 1.29 is 18.3 Å². The number of pyridine rings is 1. The summed E-state index contributed by atoms with van der Waals surface area (Å²) in [5.41, 5.74) is 1.36. The van der Waals surface area contributed by atoms with Crippen molar-refractivity contribution in [3.63, 3.8) is 0 Å². The maximum Gasteiger partial charge on any atom is 0.416 e. The summed E-state index contributed by atoms with van der Waals surface area (Å²) >= 11 is 0. The summed E-state index contributed by atoms with van der Waals surface area (Å²) in [5, 5.41) is 18.1. The Kier molecular flexibility index (Phi) is 3.64. The Hall–Kier alpha value is -3.35. The molecule has 0 aliphatic carbocycles. The fraction of sp³-hybridized carbons (Fsp3) is 0.0526. The summed E-state index contributed by atoms with van der Waals surface area (Å²) in [4.78, 5) is 4.16. The Morgan fingerprint density at radius 2 is 1.81 bits per heavy atom. The number of rotatable bonds is 2. The average Bonchev–Trinajstić information content (AvgIpc) is 3.11. The third-order valence-electron chi connectivity index (χ3n) is 4.10. The number of aromatic nitrogens is 3. The fourth-order valence-electron chi connectivity index (χ4n) is 2.81. The van der Waals surface area contributed by atoms with Gasteiger partial charge in [0.15, 0.2) is 5.75 Å². The molecule has 2 heterocycles. The van der Waals surface area contributed by atoms with E-state index < -0.39 is 11.7 Å². The lowest BCUT2D eigenvalue weighted by atomic mass is 10.0. The van der Waals surface area contributed by atoms with Crippen LogP contribution in [0.2, 0.25) is 0 Å². The van der Waals surface area contributed by atoms with Crippen molar-refractivity contribution in [1.82, 2.24) is 15.2 Å². The van der Waals surface area contributed by atoms with E-state index in [0.717, 1.165) is 17.5 Å². The number of hydrogen-bond donors (Lipinski definition) is 2. The van der Waals surface area contributed by atoms with E-state index in [1.54, 1.807) is 30.5 Å². The van der Waals surface area contributed by atoms with Gasteiger partial charge in [0.2, 0.25) is 0 Å². The van der Waals surface area contributed by atoms with Gasteiger partial charge in [0.25, 0.3) is 0 Å². The maximum atomic E-state index is 12.9. The predicted octanol–water partition coefficient (Wildman–Crippen LogP) is 5.02. The van der Waals surface area contributed by atoms with E-state index in [1.807, 2.05) is 12.1 Å². The molecule has 0 fully saturated rings. The lowest BCUT2D eigenvalue weighted by Crippen LogP contribution is -2.04. The van der Waals surface area contributed by atoms with Crippen LogP contribution in [0.1, 0.15) is 5.56 Å². The van der Waals surface area contributed by atoms with Gasteiger partial charge in [0.05, 0.1) is 17.0 Å². The molecule has 0 aliphatic heterocycles. The lowest BCUT2D eigenvalue weighted by molar-refractivity contribution is -0.137. The van der Waals surface area contributed by atoms with Crippen molar-refractivity contribution >= 4 is 10.9 Å². The van der Waals surface area contributed by atoms with Crippen molar-refractivity contribution in [3.05, 3.63) is 66.4 Å². The standard InChI is InChI=1S/C19H12F3N3O/c20-19(21,22)13-5-1-3-12(9-13)15-10-16(25-24-15)14-7-6-11-4-2-8-23-17(11)18(14)26/h1-10,26H,(H,24,25). The molecule has 0 radical (unpaired) electrons. The van der Waals surface area contributed by atoms with Crippen LogP contribution in [0.15, 0.2) is 60.8 Å². The zero-order chi connectivity index (χ0) is 18.3. The average molecular weight is 355 g/mol. The molecule has 0 spiro atoms. The van der Waals surface area contributed by atoms with Crippen LogP contribution >= 0.6 is 0 Å². The van der Waals surface area contributed by atoms with Gasteiger partial charge in [-0.1, -0.05) is 24.3 Å². The first-order chi connectivity index (χ1) is 12.4. The van der Waals surface area contributed by atoms with Crippen LogP contribution in [0.5, 0.6) is 5.75 Å². The van der Waals surface area contributed by atoms with Gasteiger partial charge in [-0.2, -0.15) is 18.3 Å². The second-order valence-electron chi connectivity index (χ2n) is 5.78. The molecule has 130 valence electrons. The van der Waals surface area contributed by atoms with Crippen molar-refractivity contribution in [2.45, 2.75) is 6.18 Å². The number of nitrogens with zero attached hydrogens (tertiary/aromatic N) is 2. The number of phenols is 1. The number of aromatic hydroxyl groups is 1. The molecule has 4 nitrogen and oxygen atoms in total. The highest BCUT2D eigenvalue weighted by molar-refractivity contribution is 5.91. The highest BCUT2D eigenvalue weighted by Crippen LogP contribution is 2.36. The minimum atomic E-state index is -4.42. The highest BCUT2D eigenvalue weighted by Gasteiger charge is 2.30. The van der Waals surface area contributed by atoms with Crippen LogP contribution in [0.4, 0.5) is 13.2 Å². The van der Waals surface area contributed by atoms with E-state index in [1.165, 1.54) is 6.07 Å². The number of benzene rings is 2. The number of phenolic OH excluding ortho intramolecular Hbond substituents is 1. The third-order valence-corrected chi connectivity index (χ3v) is 4.10. The number of halogens is 3. The smallest absolute Gasteiger partial charge is 0.416 e. The van der Waals surface area contributed by atoms with Crippen LogP contribution in [-0.2, 0) is 6.18 Å². The quantitative estimate of drug-likeness (QED) is 0.531. The van der Waals surface area contributed by atoms with Gasteiger partial charge in [-0.25, -0.2) is 0 Å². The largest absolute Gasteiger partial charge is 0.505 e. The first kappa shape index (κ1) is 16.1. The number of H-pyrrole nitrogens is 1. The van der Waals surface area contributed by atoms with Gasteiger partial charge in [-0.15, -0.1) is 0 Å². The predicted molar refractivity (Wildman–Crippen MR) is 91.4 cm³/mol. The Morgan fingerprint density at radius 3 is 2.62 bits per heavy atom. The minimum absolute atomic E-state index is 0.0117. The summed E-state index contributed by atoms with van der Waals surface area (Å²) in [6.07, 6.45) is -2.84. The van der Waals surface area contributed by atoms with Gasteiger partial charge < -0.3 is 5.11 Å². The molecule has 0 bridgehead atoms. The van der Waals surface area contributed by atoms with Crippen LogP contribution in [0.25, 0.3) is 33.4 Å². The Bertz CT molecular complexity index is 1100. The fourth-order valence-corrected chi connectivity index (χ4v) is 2.81. The molecule has 26 heavy (non-hydrogen) atoms. The van der Waals surface area contributed by atoms with E-state index in [0.29, 0.717) is 28.0 Å². The van der Waals surface area contributed by atoms with Gasteiger partial charge >= 0.3 is 6.18 Å². The Labute approximate surface area is 145 Å². The van der Waals surface area contributed by atoms with Crippen LogP contribution in [-0.4, -0.2) is 20.3 Å². The molecule has 2 aromatic carbocycles. The van der Waals surface area contributed by atoms with E-state index in [9.17, 15) is 18.3 Å². The van der Waals surface area contributed by atoms with Crippen molar-refractivity contribution in [2.75, 3.05) is 0 Å². The molecule has 4 aromatic rings. The van der Waals surface area contributed by atoms with E-state index >= 15 is 0 Å². The molecule has 2 N–H and O–H groups in total. The number of fused-ring (bicyclic) bond motifs is 1. The van der Waals surface area contributed by atoms with Crippen LogP contribution in [0.3, 0.4) is 0 Å². The van der Waals surface area contributed by atoms with Gasteiger partial charge in [-0.05, 0) is 30.3 Å². The second kappa shape index (κ2) is 5.87. The number of nitrogens with one attached hydrogen (secondary N) is 1.